The van der Waals surface area contributed by atoms with E-state index in [1.807, 2.05) is 56.6 Å². The van der Waals surface area contributed by atoms with E-state index in [-0.39, 0.29) is 48.1 Å². The van der Waals surface area contributed by atoms with Crippen molar-refractivity contribution >= 4 is 29.2 Å². The highest BCUT2D eigenvalue weighted by Crippen LogP contribution is 2.60. The lowest BCUT2D eigenvalue weighted by Crippen LogP contribution is -2.52. The van der Waals surface area contributed by atoms with Gasteiger partial charge >= 0.3 is 5.97 Å². The molecular weight excluding hydrogens is 793 g/mol. The first-order chi connectivity index (χ1) is 30.4. The monoisotopic (exact) mass is 859 g/mol. The molecule has 1 aromatic carbocycles. The molecule has 0 radical (unpaired) electrons. The number of ketones is 2. The molecule has 2 aromatic heterocycles. The third kappa shape index (κ3) is 8.88. The van der Waals surface area contributed by atoms with Crippen molar-refractivity contribution in [3.05, 3.63) is 106 Å². The minimum atomic E-state index is -2.17. The van der Waals surface area contributed by atoms with Gasteiger partial charge in [0, 0.05) is 41.9 Å². The number of carbonyl (C=O) groups is 3. The standard InChI is InChI=1S/C51H66N6O6/c1-5-54-42-24-36-12-8-11-35-10-6-7-20-49(3,25-34-17-18-43(52)56-28-34)26-37-13-9-14-40-45(37)47(60)51(48(61)62-30-38(42)23-41(35)36)50(63-51,46(40)59)27-39(29-58)32(2)15-16-33-19-21-55-44(22-33)57-31-53-4/h8-9,12-14,17-19,21-22,28,35-36,38,41-42,53-54,58H,5-7,10-11,15-16,20,23-27,29-31H2,1-4H3,(H2,52,56)(H,55,57). The molecule has 4 bridgehead atoms. The number of anilines is 2. The molecule has 2 aliphatic heterocycles. The first kappa shape index (κ1) is 44.8. The normalized spacial score (nSPS) is 30.7. The van der Waals surface area contributed by atoms with Crippen LogP contribution in [-0.4, -0.2) is 83.3 Å². The zero-order valence-corrected chi connectivity index (χ0v) is 37.5. The predicted molar refractivity (Wildman–Crippen MR) is 244 cm³/mol. The summed E-state index contributed by atoms with van der Waals surface area (Å²) >= 11 is 0. The second-order valence-electron chi connectivity index (χ2n) is 19.3. The maximum absolute atomic E-state index is 15.4. The van der Waals surface area contributed by atoms with Gasteiger partial charge in [0.15, 0.2) is 11.4 Å². The summed E-state index contributed by atoms with van der Waals surface area (Å²) in [6, 6.07) is 13.4. The molecule has 3 aromatic rings. The fourth-order valence-corrected chi connectivity index (χ4v) is 11.6. The Bertz CT molecular complexity index is 2240. The Hall–Kier alpha value is -4.75. The van der Waals surface area contributed by atoms with E-state index in [4.69, 9.17) is 15.2 Å². The maximum atomic E-state index is 15.4. The van der Waals surface area contributed by atoms with Crippen LogP contribution in [0.4, 0.5) is 11.6 Å². The van der Waals surface area contributed by atoms with Crippen LogP contribution in [0.25, 0.3) is 0 Å². The number of epoxide rings is 1. The van der Waals surface area contributed by atoms with Gasteiger partial charge in [0.05, 0.1) is 19.9 Å². The number of nitrogens with zero attached hydrogens (tertiary/aromatic N) is 2. The number of hydrogen-bond acceptors (Lipinski definition) is 12. The fourth-order valence-electron chi connectivity index (χ4n) is 11.6. The Kier molecular flexibility index (Phi) is 13.4. The lowest BCUT2D eigenvalue weighted by Gasteiger charge is -2.45. The molecule has 8 rings (SSSR count). The van der Waals surface area contributed by atoms with Crippen LogP contribution in [0.3, 0.4) is 0 Å². The summed E-state index contributed by atoms with van der Waals surface area (Å²) in [5.74, 6) is 0.950. The smallest absolute Gasteiger partial charge is 0.350 e. The van der Waals surface area contributed by atoms with E-state index < -0.39 is 28.7 Å². The van der Waals surface area contributed by atoms with Crippen LogP contribution in [0, 0.1) is 29.1 Å². The number of aryl methyl sites for hydroxylation is 1. The quantitative estimate of drug-likeness (QED) is 0.0392. The molecule has 336 valence electrons. The molecular formula is C51H66N6O6. The molecule has 3 aliphatic carbocycles. The van der Waals surface area contributed by atoms with Gasteiger partial charge in [0.2, 0.25) is 5.78 Å². The molecule has 12 heteroatoms. The number of nitrogens with two attached hydrogens (primary N) is 1. The number of hydrogen-bond donors (Lipinski definition) is 5. The number of ether oxygens (including phenoxy) is 2. The molecule has 6 N–H and O–H groups in total. The Labute approximate surface area is 372 Å². The SMILES string of the molecule is CCNC1CC2C=CCC3CCCCC(C)(Cc4ccc(N)nc4)Cc4cccc5c4C(=O)C4(OC4(CC(CO)=C(C)CCc4ccnc(NCNC)c4)C5=O)C(=O)OCC1CC23. The molecule has 4 heterocycles. The van der Waals surface area contributed by atoms with Crippen molar-refractivity contribution in [2.24, 2.45) is 29.1 Å². The van der Waals surface area contributed by atoms with Crippen LogP contribution in [0.1, 0.15) is 116 Å². The number of nitrogen functional groups attached to an aromatic ring is 1. The maximum Gasteiger partial charge on any atom is 0.350 e. The Morgan fingerprint density at radius 1 is 1.03 bits per heavy atom. The topological polar surface area (TPSA) is 181 Å². The van der Waals surface area contributed by atoms with Gasteiger partial charge in [-0.2, -0.15) is 0 Å². The van der Waals surface area contributed by atoms with Crippen molar-refractivity contribution in [3.8, 4) is 0 Å². The minimum Gasteiger partial charge on any atom is -0.463 e. The molecule has 8 atom stereocenters. The second kappa shape index (κ2) is 18.8. The molecule has 0 amide bonds. The van der Waals surface area contributed by atoms with Gasteiger partial charge < -0.3 is 36.3 Å². The number of esters is 1. The Morgan fingerprint density at radius 3 is 2.67 bits per heavy atom. The summed E-state index contributed by atoms with van der Waals surface area (Å²) in [4.78, 5) is 54.4. The summed E-state index contributed by atoms with van der Waals surface area (Å²) in [5.41, 5.74) is 6.42. The lowest BCUT2D eigenvalue weighted by molar-refractivity contribution is -0.150. The van der Waals surface area contributed by atoms with Gasteiger partial charge in [-0.25, -0.2) is 14.8 Å². The van der Waals surface area contributed by atoms with E-state index in [0.29, 0.717) is 61.5 Å². The molecule has 12 nitrogen and oxygen atoms in total. The number of aliphatic hydroxyl groups excluding tert-OH is 1. The third-order valence-electron chi connectivity index (χ3n) is 15.0. The first-order valence-electron chi connectivity index (χ1n) is 23.2. The number of allylic oxidation sites excluding steroid dienone is 3. The number of nitrogens with one attached hydrogen (secondary N) is 3. The van der Waals surface area contributed by atoms with E-state index >= 15 is 9.59 Å². The highest BCUT2D eigenvalue weighted by atomic mass is 16.7. The van der Waals surface area contributed by atoms with E-state index in [1.165, 1.54) is 0 Å². The zero-order valence-electron chi connectivity index (χ0n) is 37.5. The molecule has 2 fully saturated rings. The van der Waals surface area contributed by atoms with Gasteiger partial charge in [0.25, 0.3) is 5.60 Å². The summed E-state index contributed by atoms with van der Waals surface area (Å²) < 4.78 is 12.8. The van der Waals surface area contributed by atoms with E-state index in [9.17, 15) is 9.90 Å². The van der Waals surface area contributed by atoms with Crippen molar-refractivity contribution in [3.63, 3.8) is 0 Å². The third-order valence-corrected chi connectivity index (χ3v) is 15.0. The number of aromatic nitrogens is 2. The van der Waals surface area contributed by atoms with Gasteiger partial charge in [-0.1, -0.05) is 68.7 Å². The van der Waals surface area contributed by atoms with Gasteiger partial charge in [0.1, 0.15) is 11.6 Å². The lowest BCUT2D eigenvalue weighted by atomic mass is 9.63. The summed E-state index contributed by atoms with van der Waals surface area (Å²) in [6.45, 7) is 7.42. The molecule has 1 saturated carbocycles. The molecule has 1 saturated heterocycles. The number of carbonyl (C=O) groups excluding carboxylic acids is 3. The number of fused-ring (bicyclic) bond motifs is 1. The van der Waals surface area contributed by atoms with Gasteiger partial charge in [-0.05, 0) is 142 Å². The highest BCUT2D eigenvalue weighted by Gasteiger charge is 2.86. The predicted octanol–water partition coefficient (Wildman–Crippen LogP) is 6.97. The van der Waals surface area contributed by atoms with E-state index in [2.05, 4.69) is 51.9 Å². The van der Waals surface area contributed by atoms with E-state index in [1.54, 1.807) is 12.3 Å². The minimum absolute atomic E-state index is 0.0377. The molecule has 8 unspecified atom stereocenters. The second-order valence-corrected chi connectivity index (χ2v) is 19.3. The Morgan fingerprint density at radius 2 is 1.89 bits per heavy atom. The van der Waals surface area contributed by atoms with Crippen LogP contribution in [0.2, 0.25) is 0 Å². The number of rotatable bonds is 13. The molecule has 63 heavy (non-hydrogen) atoms. The number of aliphatic hydroxyl groups is 1. The van der Waals surface area contributed by atoms with Crippen molar-refractivity contribution in [2.45, 2.75) is 115 Å². The van der Waals surface area contributed by atoms with Crippen LogP contribution < -0.4 is 21.7 Å². The van der Waals surface area contributed by atoms with Crippen molar-refractivity contribution in [1.82, 2.24) is 20.6 Å². The van der Waals surface area contributed by atoms with Gasteiger partial charge in [-0.3, -0.25) is 9.59 Å². The average molecular weight is 859 g/mol. The van der Waals surface area contributed by atoms with Crippen molar-refractivity contribution in [1.29, 1.82) is 0 Å². The zero-order chi connectivity index (χ0) is 44.4. The molecule has 5 aliphatic rings. The summed E-state index contributed by atoms with van der Waals surface area (Å²) in [5, 5.41) is 20.9. The molecule has 1 spiro atoms. The average Bonchev–Trinajstić information content (AvgIpc) is 3.99. The Balaban J connectivity index is 1.17. The largest absolute Gasteiger partial charge is 0.463 e. The van der Waals surface area contributed by atoms with Crippen molar-refractivity contribution < 1.29 is 29.0 Å². The number of benzene rings is 1. The summed E-state index contributed by atoms with van der Waals surface area (Å²) in [6.07, 6.45) is 17.8. The van der Waals surface area contributed by atoms with Crippen LogP contribution >= 0.6 is 0 Å². The van der Waals surface area contributed by atoms with Crippen molar-refractivity contribution in [2.75, 3.05) is 44.5 Å². The van der Waals surface area contributed by atoms with Crippen LogP contribution in [0.5, 0.6) is 0 Å². The number of pyridine rings is 2. The number of cyclic esters (lactones) is 1. The fraction of sp³-hybridized carbons (Fsp3) is 0.549. The summed E-state index contributed by atoms with van der Waals surface area (Å²) in [7, 11) is 1.86. The van der Waals surface area contributed by atoms with Gasteiger partial charge in [-0.15, -0.1) is 0 Å². The van der Waals surface area contributed by atoms with Crippen LogP contribution in [-0.2, 0) is 33.5 Å². The van der Waals surface area contributed by atoms with E-state index in [0.717, 1.165) is 79.6 Å². The van der Waals surface area contributed by atoms with Crippen LogP contribution in [0.15, 0.2) is 78.2 Å². The first-order valence-corrected chi connectivity index (χ1v) is 23.2. The number of Topliss-reactive ketones (excluding diaryl/α,β-unsaturated/α-hetero) is 2. The highest BCUT2D eigenvalue weighted by molar-refractivity contribution is 6.33.